The lowest BCUT2D eigenvalue weighted by Gasteiger charge is -2.33. The molecular formula is C13H15N3O5. The van der Waals surface area contributed by atoms with Crippen LogP contribution in [0.25, 0.3) is 0 Å². The molecule has 0 radical (unpaired) electrons. The van der Waals surface area contributed by atoms with Gasteiger partial charge in [0, 0.05) is 5.41 Å². The van der Waals surface area contributed by atoms with Crippen LogP contribution in [0.2, 0.25) is 0 Å². The number of rotatable bonds is 3. The fourth-order valence-corrected chi connectivity index (χ4v) is 2.98. The van der Waals surface area contributed by atoms with Gasteiger partial charge in [0.05, 0.1) is 5.41 Å². The van der Waals surface area contributed by atoms with Crippen LogP contribution in [0.5, 0.6) is 0 Å². The number of amides is 1. The maximum Gasteiger partial charge on any atom is 0.378 e. The average Bonchev–Trinajstić information content (AvgIpc) is 2.69. The molecule has 2 bridgehead atoms. The van der Waals surface area contributed by atoms with E-state index in [2.05, 4.69) is 9.99 Å². The summed E-state index contributed by atoms with van der Waals surface area (Å²) in [7, 11) is 0. The van der Waals surface area contributed by atoms with E-state index in [9.17, 15) is 14.4 Å². The van der Waals surface area contributed by atoms with Crippen LogP contribution in [0, 0.1) is 22.2 Å². The molecule has 1 amide bonds. The highest BCUT2D eigenvalue weighted by Gasteiger charge is 2.76. The highest BCUT2D eigenvalue weighted by Crippen LogP contribution is 2.65. The third kappa shape index (κ3) is 1.67. The van der Waals surface area contributed by atoms with Crippen molar-refractivity contribution >= 4 is 23.6 Å². The Hall–Kier alpha value is -2.43. The summed E-state index contributed by atoms with van der Waals surface area (Å²) in [5.41, 5.74) is 1.13. The smallest absolute Gasteiger partial charge is 0.378 e. The van der Waals surface area contributed by atoms with Crippen LogP contribution in [0.3, 0.4) is 0 Å². The van der Waals surface area contributed by atoms with E-state index in [1.165, 1.54) is 6.07 Å². The topological polar surface area (TPSA) is 132 Å². The van der Waals surface area contributed by atoms with Crippen LogP contribution in [0.4, 0.5) is 0 Å². The Bertz CT molecular complexity index is 618. The van der Waals surface area contributed by atoms with Crippen LogP contribution in [-0.2, 0) is 24.0 Å². The lowest BCUT2D eigenvalue weighted by Crippen LogP contribution is -2.48. The molecule has 2 rings (SSSR count). The number of fused-ring (bicyclic) bond motifs is 2. The Balaban J connectivity index is 2.31. The van der Waals surface area contributed by atoms with Crippen LogP contribution in [-0.4, -0.2) is 29.2 Å². The van der Waals surface area contributed by atoms with E-state index in [1.54, 1.807) is 20.8 Å². The number of carbonyl (C=O) groups excluding carboxylic acids is 3. The number of nitrogens with two attached hydrogens (primary N) is 1. The van der Waals surface area contributed by atoms with Crippen molar-refractivity contribution in [3.63, 3.8) is 0 Å². The number of carbonyl (C=O) groups is 3. The quantitative estimate of drug-likeness (QED) is 0.337. The van der Waals surface area contributed by atoms with E-state index in [4.69, 9.17) is 15.7 Å². The summed E-state index contributed by atoms with van der Waals surface area (Å²) in [6, 6.07) is 1.42. The molecule has 2 unspecified atom stereocenters. The van der Waals surface area contributed by atoms with Gasteiger partial charge in [-0.3, -0.25) is 9.59 Å². The molecule has 2 fully saturated rings. The molecule has 1 aliphatic carbocycles. The fourth-order valence-electron chi connectivity index (χ4n) is 2.98. The first-order valence-corrected chi connectivity index (χ1v) is 6.35. The van der Waals surface area contributed by atoms with Gasteiger partial charge in [0.2, 0.25) is 11.3 Å². The van der Waals surface area contributed by atoms with E-state index in [1.807, 2.05) is 0 Å². The number of hydrogen-bond acceptors (Lipinski definition) is 7. The number of ether oxygens (including phenoxy) is 1. The van der Waals surface area contributed by atoms with Crippen LogP contribution in [0.15, 0.2) is 5.16 Å². The van der Waals surface area contributed by atoms with Gasteiger partial charge in [-0.05, 0) is 19.8 Å². The van der Waals surface area contributed by atoms with Gasteiger partial charge in [0.15, 0.2) is 0 Å². The fraction of sp³-hybridized carbons (Fsp3) is 0.615. The standard InChI is InChI=1S/C13H15N3O5/c1-11(2)12(3)4-5-13(11,20-9(12)18)10(19)21-16-7(6-14)8(15)17/h4-5H2,1-3H3,(H2,15,17)/b16-7-. The molecule has 0 aromatic heterocycles. The first-order chi connectivity index (χ1) is 9.62. The van der Waals surface area contributed by atoms with Gasteiger partial charge in [0.1, 0.15) is 6.07 Å². The molecule has 0 spiro atoms. The Morgan fingerprint density at radius 2 is 2.00 bits per heavy atom. The van der Waals surface area contributed by atoms with Crippen molar-refractivity contribution < 1.29 is 24.0 Å². The number of hydrogen-bond donors (Lipinski definition) is 1. The number of esters is 1. The highest BCUT2D eigenvalue weighted by molar-refractivity contribution is 6.44. The Morgan fingerprint density at radius 3 is 2.38 bits per heavy atom. The largest absolute Gasteiger partial charge is 0.446 e. The summed E-state index contributed by atoms with van der Waals surface area (Å²) in [5, 5.41) is 11.8. The molecule has 2 atom stereocenters. The second-order valence-corrected chi connectivity index (χ2v) is 5.97. The van der Waals surface area contributed by atoms with E-state index in [0.29, 0.717) is 12.8 Å². The molecule has 0 aromatic rings. The maximum absolute atomic E-state index is 12.3. The predicted molar refractivity (Wildman–Crippen MR) is 68.3 cm³/mol. The molecule has 112 valence electrons. The first kappa shape index (κ1) is 15.0. The van der Waals surface area contributed by atoms with Crippen LogP contribution in [0.1, 0.15) is 33.6 Å². The van der Waals surface area contributed by atoms with Crippen molar-refractivity contribution in [1.82, 2.24) is 0 Å². The molecule has 2 aliphatic rings. The monoisotopic (exact) mass is 293 g/mol. The number of nitriles is 1. The van der Waals surface area contributed by atoms with Gasteiger partial charge in [-0.25, -0.2) is 4.79 Å². The Labute approximate surface area is 120 Å². The SMILES string of the molecule is CC12CCC(C(=O)O/N=C(/C#N)C(N)=O)(OC1=O)C2(C)C. The Kier molecular flexibility index (Phi) is 3.05. The lowest BCUT2D eigenvalue weighted by atomic mass is 9.66. The average molecular weight is 293 g/mol. The van der Waals surface area contributed by atoms with Gasteiger partial charge in [-0.15, -0.1) is 0 Å². The summed E-state index contributed by atoms with van der Waals surface area (Å²) in [5.74, 6) is -2.48. The molecule has 8 nitrogen and oxygen atoms in total. The van der Waals surface area contributed by atoms with E-state index >= 15 is 0 Å². The van der Waals surface area contributed by atoms with Crippen molar-refractivity contribution in [3.8, 4) is 6.07 Å². The molecule has 21 heavy (non-hydrogen) atoms. The van der Waals surface area contributed by atoms with Gasteiger partial charge < -0.3 is 15.3 Å². The van der Waals surface area contributed by atoms with Gasteiger partial charge in [0.25, 0.3) is 5.91 Å². The van der Waals surface area contributed by atoms with E-state index in [-0.39, 0.29) is 0 Å². The zero-order valence-electron chi connectivity index (χ0n) is 11.9. The van der Waals surface area contributed by atoms with Gasteiger partial charge >= 0.3 is 11.9 Å². The molecule has 1 saturated heterocycles. The summed E-state index contributed by atoms with van der Waals surface area (Å²) < 4.78 is 5.27. The molecule has 8 heteroatoms. The summed E-state index contributed by atoms with van der Waals surface area (Å²) in [6.45, 7) is 5.23. The number of oxime groups is 1. The molecule has 1 saturated carbocycles. The first-order valence-electron chi connectivity index (χ1n) is 6.35. The molecule has 2 N–H and O–H groups in total. The van der Waals surface area contributed by atoms with Crippen molar-refractivity contribution in [2.24, 2.45) is 21.7 Å². The zero-order chi connectivity index (χ0) is 16.1. The maximum atomic E-state index is 12.3. The van der Waals surface area contributed by atoms with Crippen molar-refractivity contribution in [3.05, 3.63) is 0 Å². The minimum atomic E-state index is -1.46. The minimum absolute atomic E-state index is 0.301. The number of primary amides is 1. The third-order valence-electron chi connectivity index (χ3n) is 4.97. The molecule has 1 heterocycles. The third-order valence-corrected chi connectivity index (χ3v) is 4.97. The molecular weight excluding hydrogens is 278 g/mol. The normalized spacial score (nSPS) is 33.2. The lowest BCUT2D eigenvalue weighted by molar-refractivity contribution is -0.183. The molecule has 0 aromatic carbocycles. The van der Waals surface area contributed by atoms with Crippen LogP contribution >= 0.6 is 0 Å². The number of nitrogens with zero attached hydrogens (tertiary/aromatic N) is 2. The van der Waals surface area contributed by atoms with E-state index < -0.39 is 40.0 Å². The van der Waals surface area contributed by atoms with E-state index in [0.717, 1.165) is 0 Å². The van der Waals surface area contributed by atoms with Crippen molar-refractivity contribution in [2.45, 2.75) is 39.2 Å². The second kappa shape index (κ2) is 4.28. The summed E-state index contributed by atoms with van der Waals surface area (Å²) >= 11 is 0. The van der Waals surface area contributed by atoms with Gasteiger partial charge in [-0.1, -0.05) is 19.0 Å². The van der Waals surface area contributed by atoms with Crippen molar-refractivity contribution in [2.75, 3.05) is 0 Å². The second-order valence-electron chi connectivity index (χ2n) is 5.97. The highest BCUT2D eigenvalue weighted by atomic mass is 16.7. The Morgan fingerprint density at radius 1 is 1.38 bits per heavy atom. The van der Waals surface area contributed by atoms with Gasteiger partial charge in [-0.2, -0.15) is 5.26 Å². The zero-order valence-corrected chi connectivity index (χ0v) is 11.9. The van der Waals surface area contributed by atoms with Crippen molar-refractivity contribution in [1.29, 1.82) is 5.26 Å². The minimum Gasteiger partial charge on any atom is -0.446 e. The van der Waals surface area contributed by atoms with Crippen LogP contribution < -0.4 is 5.73 Å². The predicted octanol–water partition coefficient (Wildman–Crippen LogP) is 0.0164. The molecule has 1 aliphatic heterocycles. The summed E-state index contributed by atoms with van der Waals surface area (Å²) in [6.07, 6.45) is 0.785. The summed E-state index contributed by atoms with van der Waals surface area (Å²) in [4.78, 5) is 39.8.